The lowest BCUT2D eigenvalue weighted by Gasteiger charge is -1.18. The third-order valence-electron chi connectivity index (χ3n) is 0.287. The maximum atomic E-state index is 9.36. The van der Waals surface area contributed by atoms with Crippen LogP contribution in [0.3, 0.4) is 0 Å². The van der Waals surface area contributed by atoms with Gasteiger partial charge in [0.2, 0.25) is 0 Å². The molecule has 0 saturated carbocycles. The highest BCUT2D eigenvalue weighted by Crippen LogP contribution is 1.71. The van der Waals surface area contributed by atoms with E-state index in [2.05, 4.69) is 5.43 Å². The minimum absolute atomic E-state index is 0.514. The molecule has 0 aromatic carbocycles. The van der Waals surface area contributed by atoms with E-state index < -0.39 is 0 Å². The molecule has 0 unspecified atom stereocenters. The van der Waals surface area contributed by atoms with Gasteiger partial charge < -0.3 is 0 Å². The summed E-state index contributed by atoms with van der Waals surface area (Å²) in [5.74, 6) is 0. The number of hydrazine groups is 1. The van der Waals surface area contributed by atoms with E-state index in [0.717, 1.165) is 4.87 Å². The normalized spacial score (nSPS) is 19.5. The van der Waals surface area contributed by atoms with E-state index in [1.165, 1.54) is 0 Å². The first-order valence-electron chi connectivity index (χ1n) is 1.08. The van der Waals surface area contributed by atoms with Crippen LogP contribution in [0.4, 0.5) is 0 Å². The van der Waals surface area contributed by atoms with E-state index in [-0.39, 0.29) is 0 Å². The van der Waals surface area contributed by atoms with Gasteiger partial charge in [-0.3, -0.25) is 0 Å². The Morgan fingerprint density at radius 2 is 2.25 bits per heavy atom. The molecule has 0 amide bonds. The highest BCUT2D eigenvalue weighted by atomic mass is 16.4. The summed E-state index contributed by atoms with van der Waals surface area (Å²) in [5.41, 5.74) is 2.38. The maximum Gasteiger partial charge on any atom is 0.345 e. The highest BCUT2D eigenvalue weighted by molar-refractivity contribution is 4.12. The van der Waals surface area contributed by atoms with Crippen molar-refractivity contribution in [3.05, 3.63) is 4.91 Å². The predicted molar refractivity (Wildman–Crippen MR) is 11.6 cm³/mol. The smallest absolute Gasteiger partial charge is 0.0788 e. The van der Waals surface area contributed by atoms with Crippen LogP contribution in [0.5, 0.6) is 0 Å². The lowest BCUT2D eigenvalue weighted by atomic mass is 11.4. The number of hydrogen-bond acceptors (Lipinski definition) is 1. The topological polar surface area (TPSA) is 42.0 Å². The average molecular weight is 59.0 g/mol. The summed E-state index contributed by atoms with van der Waals surface area (Å²) < 4.78 is 0. The second kappa shape index (κ2) is 0.243. The molecule has 0 aliphatic carbocycles. The van der Waals surface area contributed by atoms with Crippen LogP contribution in [0.25, 0.3) is 0 Å². The van der Waals surface area contributed by atoms with E-state index in [1.807, 2.05) is 0 Å². The molecule has 0 bridgehead atoms. The maximum absolute atomic E-state index is 9.36. The van der Waals surface area contributed by atoms with Gasteiger partial charge >= 0.3 is 6.67 Å². The summed E-state index contributed by atoms with van der Waals surface area (Å²) in [5, 5.41) is 0. The number of nitrogens with one attached hydrogen (secondary N) is 1. The summed E-state index contributed by atoms with van der Waals surface area (Å²) in [7, 11) is 0. The monoisotopic (exact) mass is 59.0 g/mol. The Kier molecular flexibility index (Phi) is 0.103. The lowest BCUT2D eigenvalue weighted by molar-refractivity contribution is -0.397. The molecule has 1 aliphatic rings. The molecule has 3 nitrogen and oxygen atoms in total. The Morgan fingerprint density at radius 3 is 2.25 bits per heavy atom. The van der Waals surface area contributed by atoms with Gasteiger partial charge in [-0.25, -0.2) is 0 Å². The molecule has 1 saturated heterocycles. The number of nitrogens with zero attached hydrogens (tertiary/aromatic N) is 1. The van der Waals surface area contributed by atoms with Crippen molar-refractivity contribution in [3.8, 4) is 0 Å². The van der Waals surface area contributed by atoms with Gasteiger partial charge in [0.1, 0.15) is 4.87 Å². The minimum Gasteiger partial charge on any atom is -0.0788 e. The molecule has 0 spiro atoms. The molecule has 1 aliphatic heterocycles. The standard InChI is InChI=1S/CH3N2O/c4-3-1-2-3/h1H2,(H,2,4)/q+1. The Balaban J connectivity index is 2.60. The van der Waals surface area contributed by atoms with E-state index in [9.17, 15) is 4.91 Å². The van der Waals surface area contributed by atoms with Crippen molar-refractivity contribution in [1.29, 1.82) is 0 Å². The van der Waals surface area contributed by atoms with Gasteiger partial charge in [0, 0.05) is 0 Å². The second-order valence-corrected chi connectivity index (χ2v) is 0.695. The van der Waals surface area contributed by atoms with Gasteiger partial charge in [-0.1, -0.05) is 5.43 Å². The number of nitroso groups, excluding NO2 is 1. The highest BCUT2D eigenvalue weighted by Gasteiger charge is 2.23. The fourth-order valence-electron chi connectivity index (χ4n) is 0.0289. The van der Waals surface area contributed by atoms with Crippen LogP contribution in [0, 0.1) is 4.91 Å². The minimum atomic E-state index is 0.514. The zero-order valence-electron chi connectivity index (χ0n) is 2.06. The molecule has 1 heterocycles. The first kappa shape index (κ1) is 1.69. The van der Waals surface area contributed by atoms with Crippen LogP contribution in [-0.4, -0.2) is 11.5 Å². The number of hydrogen-bond donors (Lipinski definition) is 1. The van der Waals surface area contributed by atoms with Crippen molar-refractivity contribution >= 4 is 0 Å². The molecule has 1 fully saturated rings. The Hall–Kier alpha value is -0.600. The van der Waals surface area contributed by atoms with Crippen molar-refractivity contribution in [2.75, 3.05) is 6.67 Å². The Bertz CT molecular complexity index is 44.0. The van der Waals surface area contributed by atoms with Crippen molar-refractivity contribution < 1.29 is 4.87 Å². The Morgan fingerprint density at radius 1 is 2.00 bits per heavy atom. The molecule has 0 aromatic rings. The summed E-state index contributed by atoms with van der Waals surface area (Å²) >= 11 is 0. The molecule has 1 N–H and O–H groups in total. The fraction of sp³-hybridized carbons (Fsp3) is 1.00. The molecule has 22 valence electrons. The van der Waals surface area contributed by atoms with Gasteiger partial charge in [0.15, 0.2) is 0 Å². The van der Waals surface area contributed by atoms with E-state index in [0.29, 0.717) is 6.67 Å². The molecule has 4 heavy (non-hydrogen) atoms. The molecular weight excluding hydrogens is 56.0 g/mol. The van der Waals surface area contributed by atoms with Gasteiger partial charge in [-0.2, -0.15) is 0 Å². The zero-order valence-corrected chi connectivity index (χ0v) is 2.06. The largest absolute Gasteiger partial charge is 0.345 e. The average Bonchev–Trinajstić information content (AvgIpc) is 1.75. The Labute approximate surface area is 23.2 Å². The van der Waals surface area contributed by atoms with Gasteiger partial charge in [0.05, 0.1) is 4.91 Å². The number of rotatable bonds is 0. The summed E-state index contributed by atoms with van der Waals surface area (Å²) in [6, 6.07) is 0. The molecule has 0 radical (unpaired) electrons. The SMILES string of the molecule is O=[N+]1CN1. The van der Waals surface area contributed by atoms with Crippen molar-refractivity contribution in [1.82, 2.24) is 5.43 Å². The van der Waals surface area contributed by atoms with E-state index in [4.69, 9.17) is 0 Å². The van der Waals surface area contributed by atoms with Crippen molar-refractivity contribution in [3.63, 3.8) is 0 Å². The first-order valence-corrected chi connectivity index (χ1v) is 1.08. The fourth-order valence-corrected chi connectivity index (χ4v) is 0.0289. The van der Waals surface area contributed by atoms with Crippen LogP contribution in [0.1, 0.15) is 0 Å². The second-order valence-electron chi connectivity index (χ2n) is 0.695. The molecule has 1 rings (SSSR count). The lowest BCUT2D eigenvalue weighted by Crippen LogP contribution is -1.67. The first-order chi connectivity index (χ1) is 1.89. The summed E-state index contributed by atoms with van der Waals surface area (Å²) in [6.07, 6.45) is 0. The molecule has 0 atom stereocenters. The van der Waals surface area contributed by atoms with Crippen LogP contribution in [-0.2, 0) is 0 Å². The zero-order chi connectivity index (χ0) is 2.99. The quantitative estimate of drug-likeness (QED) is 0.294. The van der Waals surface area contributed by atoms with Gasteiger partial charge in [0.25, 0.3) is 0 Å². The van der Waals surface area contributed by atoms with E-state index in [1.54, 1.807) is 0 Å². The van der Waals surface area contributed by atoms with Crippen LogP contribution in [0.2, 0.25) is 0 Å². The molecular formula is CH3N2O+. The van der Waals surface area contributed by atoms with Crippen LogP contribution in [0.15, 0.2) is 0 Å². The summed E-state index contributed by atoms with van der Waals surface area (Å²) in [6.45, 7) is 0.514. The summed E-state index contributed by atoms with van der Waals surface area (Å²) in [4.78, 5) is 10.1. The van der Waals surface area contributed by atoms with Crippen LogP contribution >= 0.6 is 0 Å². The third-order valence-corrected chi connectivity index (χ3v) is 0.287. The van der Waals surface area contributed by atoms with Crippen molar-refractivity contribution in [2.24, 2.45) is 0 Å². The predicted octanol–water partition coefficient (Wildman–Crippen LogP) is -0.759. The van der Waals surface area contributed by atoms with Crippen LogP contribution < -0.4 is 5.43 Å². The molecule has 0 aromatic heterocycles. The van der Waals surface area contributed by atoms with Gasteiger partial charge in [-0.05, 0) is 0 Å². The van der Waals surface area contributed by atoms with Crippen molar-refractivity contribution in [2.45, 2.75) is 0 Å². The van der Waals surface area contributed by atoms with Gasteiger partial charge in [-0.15, -0.1) is 0 Å². The molecule has 3 heteroatoms. The van der Waals surface area contributed by atoms with E-state index >= 15 is 0 Å². The third kappa shape index (κ3) is 0.0389.